The third-order valence-electron chi connectivity index (χ3n) is 2.12. The summed E-state index contributed by atoms with van der Waals surface area (Å²) >= 11 is 1.69. The highest BCUT2D eigenvalue weighted by Crippen LogP contribution is 2.16. The standard InChI is InChI=1S/C10H17N3OS/c1-6(4-10(11)14)12-5-9-7(2)15-8(3)13-9/h6,12H,4-5H2,1-3H3,(H2,11,14). The van der Waals surface area contributed by atoms with Crippen molar-refractivity contribution in [1.82, 2.24) is 10.3 Å². The van der Waals surface area contributed by atoms with Gasteiger partial charge in [0.1, 0.15) is 0 Å². The molecule has 0 saturated heterocycles. The molecule has 1 atom stereocenters. The summed E-state index contributed by atoms with van der Waals surface area (Å²) < 4.78 is 0. The third kappa shape index (κ3) is 3.97. The molecule has 1 unspecified atom stereocenters. The zero-order chi connectivity index (χ0) is 11.4. The average Bonchev–Trinajstić information content (AvgIpc) is 2.40. The van der Waals surface area contributed by atoms with Crippen LogP contribution in [-0.4, -0.2) is 16.9 Å². The lowest BCUT2D eigenvalue weighted by Gasteiger charge is -2.10. The number of nitrogens with two attached hydrogens (primary N) is 1. The zero-order valence-corrected chi connectivity index (χ0v) is 10.1. The molecule has 0 bridgehead atoms. The number of rotatable bonds is 5. The second kappa shape index (κ2) is 5.23. The van der Waals surface area contributed by atoms with Gasteiger partial charge in [-0.25, -0.2) is 4.98 Å². The van der Waals surface area contributed by atoms with Crippen LogP contribution < -0.4 is 11.1 Å². The summed E-state index contributed by atoms with van der Waals surface area (Å²) in [6.45, 7) is 6.69. The highest BCUT2D eigenvalue weighted by Gasteiger charge is 2.08. The fraction of sp³-hybridized carbons (Fsp3) is 0.600. The van der Waals surface area contributed by atoms with Crippen LogP contribution in [0.4, 0.5) is 0 Å². The van der Waals surface area contributed by atoms with E-state index in [0.29, 0.717) is 13.0 Å². The molecule has 15 heavy (non-hydrogen) atoms. The number of amides is 1. The lowest BCUT2D eigenvalue weighted by Crippen LogP contribution is -2.30. The van der Waals surface area contributed by atoms with Crippen LogP contribution in [0.5, 0.6) is 0 Å². The molecule has 0 radical (unpaired) electrons. The minimum atomic E-state index is -0.277. The van der Waals surface area contributed by atoms with Crippen molar-refractivity contribution in [3.05, 3.63) is 15.6 Å². The molecule has 0 aliphatic heterocycles. The van der Waals surface area contributed by atoms with Gasteiger partial charge in [0.15, 0.2) is 0 Å². The summed E-state index contributed by atoms with van der Waals surface area (Å²) in [6.07, 6.45) is 0.363. The number of carbonyl (C=O) groups excluding carboxylic acids is 1. The Morgan fingerprint density at radius 3 is 2.73 bits per heavy atom. The first-order valence-electron chi connectivity index (χ1n) is 4.93. The van der Waals surface area contributed by atoms with Crippen LogP contribution in [0, 0.1) is 13.8 Å². The highest BCUT2D eigenvalue weighted by atomic mass is 32.1. The lowest BCUT2D eigenvalue weighted by molar-refractivity contribution is -0.118. The normalized spacial score (nSPS) is 12.7. The maximum atomic E-state index is 10.7. The van der Waals surface area contributed by atoms with E-state index in [4.69, 9.17) is 5.73 Å². The maximum Gasteiger partial charge on any atom is 0.218 e. The van der Waals surface area contributed by atoms with Gasteiger partial charge < -0.3 is 11.1 Å². The molecule has 0 aliphatic carbocycles. The van der Waals surface area contributed by atoms with Crippen LogP contribution in [0.25, 0.3) is 0 Å². The zero-order valence-electron chi connectivity index (χ0n) is 9.33. The van der Waals surface area contributed by atoms with Gasteiger partial charge in [-0.15, -0.1) is 11.3 Å². The summed E-state index contributed by atoms with van der Waals surface area (Å²) in [6, 6.07) is 0.101. The predicted molar refractivity (Wildman–Crippen MR) is 61.7 cm³/mol. The van der Waals surface area contributed by atoms with Gasteiger partial charge in [-0.1, -0.05) is 0 Å². The van der Waals surface area contributed by atoms with Crippen molar-refractivity contribution in [1.29, 1.82) is 0 Å². The van der Waals surface area contributed by atoms with Gasteiger partial charge in [0.05, 0.1) is 10.7 Å². The Bertz CT molecular complexity index is 348. The molecule has 0 saturated carbocycles. The minimum Gasteiger partial charge on any atom is -0.370 e. The van der Waals surface area contributed by atoms with Crippen molar-refractivity contribution in [2.45, 2.75) is 39.8 Å². The van der Waals surface area contributed by atoms with E-state index in [1.807, 2.05) is 13.8 Å². The van der Waals surface area contributed by atoms with Crippen molar-refractivity contribution in [2.75, 3.05) is 0 Å². The van der Waals surface area contributed by atoms with E-state index in [1.54, 1.807) is 11.3 Å². The molecule has 0 aliphatic rings. The average molecular weight is 227 g/mol. The van der Waals surface area contributed by atoms with Crippen molar-refractivity contribution >= 4 is 17.2 Å². The van der Waals surface area contributed by atoms with Crippen molar-refractivity contribution < 1.29 is 4.79 Å². The first-order valence-corrected chi connectivity index (χ1v) is 5.75. The molecule has 3 N–H and O–H groups in total. The first-order chi connectivity index (χ1) is 6.99. The Morgan fingerprint density at radius 1 is 1.60 bits per heavy atom. The van der Waals surface area contributed by atoms with Crippen LogP contribution in [0.15, 0.2) is 0 Å². The number of thiazole rings is 1. The van der Waals surface area contributed by atoms with Gasteiger partial charge in [0.2, 0.25) is 5.91 Å². The smallest absolute Gasteiger partial charge is 0.218 e. The number of aryl methyl sites for hydroxylation is 2. The number of carbonyl (C=O) groups is 1. The Labute approximate surface area is 93.9 Å². The molecule has 1 rings (SSSR count). The molecular formula is C10H17N3OS. The van der Waals surface area contributed by atoms with Crippen molar-refractivity contribution in [3.8, 4) is 0 Å². The number of nitrogens with one attached hydrogen (secondary N) is 1. The summed E-state index contributed by atoms with van der Waals surface area (Å²) in [5.41, 5.74) is 6.17. The number of primary amides is 1. The molecule has 1 aromatic rings. The third-order valence-corrected chi connectivity index (χ3v) is 3.05. The van der Waals surface area contributed by atoms with Crippen LogP contribution in [-0.2, 0) is 11.3 Å². The molecule has 0 spiro atoms. The summed E-state index contributed by atoms with van der Waals surface area (Å²) in [5, 5.41) is 4.30. The molecule has 1 aromatic heterocycles. The SMILES string of the molecule is Cc1nc(CNC(C)CC(N)=O)c(C)s1. The lowest BCUT2D eigenvalue weighted by atomic mass is 10.2. The van der Waals surface area contributed by atoms with E-state index in [0.717, 1.165) is 10.7 Å². The van der Waals surface area contributed by atoms with Gasteiger partial charge >= 0.3 is 0 Å². The van der Waals surface area contributed by atoms with Crippen LogP contribution in [0.1, 0.15) is 28.9 Å². The Balaban J connectivity index is 2.43. The molecule has 84 valence electrons. The Morgan fingerprint density at radius 2 is 2.27 bits per heavy atom. The highest BCUT2D eigenvalue weighted by molar-refractivity contribution is 7.11. The Kier molecular flexibility index (Phi) is 4.23. The second-order valence-corrected chi connectivity index (χ2v) is 5.10. The fourth-order valence-corrected chi connectivity index (χ4v) is 2.22. The molecule has 0 aromatic carbocycles. The molecule has 0 fully saturated rings. The summed E-state index contributed by atoms with van der Waals surface area (Å²) in [5.74, 6) is -0.277. The molecule has 1 heterocycles. The van der Waals surface area contributed by atoms with Gasteiger partial charge in [0, 0.05) is 23.9 Å². The monoisotopic (exact) mass is 227 g/mol. The van der Waals surface area contributed by atoms with Crippen LogP contribution in [0.3, 0.4) is 0 Å². The van der Waals surface area contributed by atoms with Gasteiger partial charge in [-0.2, -0.15) is 0 Å². The van der Waals surface area contributed by atoms with E-state index in [1.165, 1.54) is 4.88 Å². The topological polar surface area (TPSA) is 68.0 Å². The van der Waals surface area contributed by atoms with E-state index in [2.05, 4.69) is 17.2 Å². The molecular weight excluding hydrogens is 210 g/mol. The molecule has 1 amide bonds. The van der Waals surface area contributed by atoms with Gasteiger partial charge in [-0.05, 0) is 20.8 Å². The van der Waals surface area contributed by atoms with Crippen molar-refractivity contribution in [2.24, 2.45) is 5.73 Å². The first kappa shape index (κ1) is 12.1. The fourth-order valence-electron chi connectivity index (χ4n) is 1.38. The van der Waals surface area contributed by atoms with E-state index < -0.39 is 0 Å². The minimum absolute atomic E-state index is 0.101. The largest absolute Gasteiger partial charge is 0.370 e. The predicted octanol–water partition coefficient (Wildman–Crippen LogP) is 1.11. The second-order valence-electron chi connectivity index (χ2n) is 3.69. The van der Waals surface area contributed by atoms with Gasteiger partial charge in [0.25, 0.3) is 0 Å². The summed E-state index contributed by atoms with van der Waals surface area (Å²) in [7, 11) is 0. The number of nitrogens with zero attached hydrogens (tertiary/aromatic N) is 1. The quantitative estimate of drug-likeness (QED) is 0.792. The molecule has 4 nitrogen and oxygen atoms in total. The maximum absolute atomic E-state index is 10.7. The Hall–Kier alpha value is -0.940. The van der Waals surface area contributed by atoms with E-state index in [-0.39, 0.29) is 11.9 Å². The van der Waals surface area contributed by atoms with Crippen LogP contribution in [0.2, 0.25) is 0 Å². The molecule has 5 heteroatoms. The van der Waals surface area contributed by atoms with E-state index in [9.17, 15) is 4.79 Å². The van der Waals surface area contributed by atoms with Crippen LogP contribution >= 0.6 is 11.3 Å². The number of aromatic nitrogens is 1. The summed E-state index contributed by atoms with van der Waals surface area (Å²) in [4.78, 5) is 16.3. The van der Waals surface area contributed by atoms with Crippen molar-refractivity contribution in [3.63, 3.8) is 0 Å². The number of hydrogen-bond donors (Lipinski definition) is 2. The van der Waals surface area contributed by atoms with Gasteiger partial charge in [-0.3, -0.25) is 4.79 Å². The van der Waals surface area contributed by atoms with E-state index >= 15 is 0 Å². The number of hydrogen-bond acceptors (Lipinski definition) is 4.